The predicted octanol–water partition coefficient (Wildman–Crippen LogP) is 3.83. The number of anilines is 1. The Morgan fingerprint density at radius 1 is 1.24 bits per heavy atom. The molecule has 0 unspecified atom stereocenters. The molecule has 17 heavy (non-hydrogen) atoms. The molecule has 0 atom stereocenters. The highest BCUT2D eigenvalue weighted by Crippen LogP contribution is 2.16. The molecule has 2 N–H and O–H groups in total. The van der Waals surface area contributed by atoms with Crippen molar-refractivity contribution in [3.05, 3.63) is 51.8 Å². The average molecular weight is 311 g/mol. The number of halogens is 1. The van der Waals surface area contributed by atoms with Crippen molar-refractivity contribution < 1.29 is 4.79 Å². The van der Waals surface area contributed by atoms with Crippen LogP contribution in [0.2, 0.25) is 0 Å². The van der Waals surface area contributed by atoms with E-state index in [1.54, 1.807) is 0 Å². The van der Waals surface area contributed by atoms with Crippen LogP contribution in [0.25, 0.3) is 0 Å². The minimum atomic E-state index is -0.191. The Hall–Kier alpha value is -1.33. The summed E-state index contributed by atoms with van der Waals surface area (Å²) >= 11 is 4.93. The summed E-state index contributed by atoms with van der Waals surface area (Å²) in [5.41, 5.74) is 1.05. The van der Waals surface area contributed by atoms with Gasteiger partial charge in [0, 0.05) is 11.0 Å². The van der Waals surface area contributed by atoms with Crippen molar-refractivity contribution in [2.24, 2.45) is 0 Å². The Morgan fingerprint density at radius 3 is 2.76 bits per heavy atom. The monoisotopic (exact) mass is 310 g/mol. The number of amides is 2. The highest BCUT2D eigenvalue weighted by molar-refractivity contribution is 9.10. The van der Waals surface area contributed by atoms with Gasteiger partial charge >= 0.3 is 6.03 Å². The van der Waals surface area contributed by atoms with Gasteiger partial charge in [-0.05, 0) is 29.1 Å². The Kier molecular flexibility index (Phi) is 4.17. The fourth-order valence-corrected chi connectivity index (χ4v) is 2.36. The van der Waals surface area contributed by atoms with E-state index in [9.17, 15) is 4.79 Å². The number of urea groups is 1. The number of hydrogen-bond acceptors (Lipinski definition) is 2. The molecule has 0 aliphatic rings. The smallest absolute Gasteiger partial charge is 0.320 e. The van der Waals surface area contributed by atoms with Crippen molar-refractivity contribution in [2.45, 2.75) is 6.54 Å². The number of benzene rings is 1. The summed E-state index contributed by atoms with van der Waals surface area (Å²) < 4.78 is 0.997. The van der Waals surface area contributed by atoms with Crippen molar-refractivity contribution in [3.63, 3.8) is 0 Å². The minimum absolute atomic E-state index is 0.191. The lowest BCUT2D eigenvalue weighted by Gasteiger charge is -2.07. The molecule has 0 aliphatic carbocycles. The molecule has 0 saturated carbocycles. The van der Waals surface area contributed by atoms with Crippen LogP contribution in [0.15, 0.2) is 46.3 Å². The van der Waals surface area contributed by atoms with E-state index in [-0.39, 0.29) is 6.03 Å². The zero-order valence-corrected chi connectivity index (χ0v) is 11.3. The Labute approximate surface area is 112 Å². The molecular formula is C12H11BrN2OS. The van der Waals surface area contributed by atoms with Crippen molar-refractivity contribution in [1.82, 2.24) is 5.32 Å². The first-order valence-corrected chi connectivity index (χ1v) is 6.75. The van der Waals surface area contributed by atoms with Crippen molar-refractivity contribution in [2.75, 3.05) is 5.32 Å². The van der Waals surface area contributed by atoms with Crippen LogP contribution in [0.5, 0.6) is 0 Å². The maximum atomic E-state index is 11.6. The molecule has 3 nitrogen and oxygen atoms in total. The number of carbonyl (C=O) groups excluding carboxylic acids is 1. The summed E-state index contributed by atoms with van der Waals surface area (Å²) in [7, 11) is 0. The van der Waals surface area contributed by atoms with Crippen LogP contribution in [0.1, 0.15) is 5.56 Å². The third-order valence-electron chi connectivity index (χ3n) is 2.16. The number of nitrogens with one attached hydrogen (secondary N) is 2. The zero-order valence-electron chi connectivity index (χ0n) is 8.94. The summed E-state index contributed by atoms with van der Waals surface area (Å²) in [5.74, 6) is 0. The van der Waals surface area contributed by atoms with E-state index in [4.69, 9.17) is 0 Å². The Bertz CT molecular complexity index is 499. The number of hydrogen-bond donors (Lipinski definition) is 2. The van der Waals surface area contributed by atoms with Crippen LogP contribution in [0.3, 0.4) is 0 Å². The highest BCUT2D eigenvalue weighted by Gasteiger charge is 2.03. The summed E-state index contributed by atoms with van der Waals surface area (Å²) in [5, 5.41) is 8.33. The van der Waals surface area contributed by atoms with E-state index >= 15 is 0 Å². The predicted molar refractivity (Wildman–Crippen MR) is 74.3 cm³/mol. The van der Waals surface area contributed by atoms with E-state index in [0.29, 0.717) is 6.54 Å². The molecule has 0 aliphatic heterocycles. The molecule has 0 bridgehead atoms. The quantitative estimate of drug-likeness (QED) is 0.888. The third kappa shape index (κ3) is 3.57. The average Bonchev–Trinajstić information content (AvgIpc) is 2.81. The van der Waals surface area contributed by atoms with E-state index in [2.05, 4.69) is 26.6 Å². The second-order valence-electron chi connectivity index (χ2n) is 3.38. The van der Waals surface area contributed by atoms with Gasteiger partial charge in [-0.15, -0.1) is 11.3 Å². The molecule has 88 valence electrons. The van der Waals surface area contributed by atoms with Crippen molar-refractivity contribution in [3.8, 4) is 0 Å². The lowest BCUT2D eigenvalue weighted by atomic mass is 10.2. The van der Waals surface area contributed by atoms with Gasteiger partial charge in [0.15, 0.2) is 0 Å². The van der Waals surface area contributed by atoms with Gasteiger partial charge < -0.3 is 5.32 Å². The van der Waals surface area contributed by atoms with Crippen molar-refractivity contribution >= 4 is 38.3 Å². The molecule has 0 saturated heterocycles. The number of thiophene rings is 1. The van der Waals surface area contributed by atoms with Gasteiger partial charge in [0.25, 0.3) is 0 Å². The van der Waals surface area contributed by atoms with Gasteiger partial charge in [-0.2, -0.15) is 0 Å². The van der Waals surface area contributed by atoms with Gasteiger partial charge in [0.05, 0.1) is 5.00 Å². The second kappa shape index (κ2) is 5.84. The lowest BCUT2D eigenvalue weighted by Crippen LogP contribution is -2.27. The van der Waals surface area contributed by atoms with Gasteiger partial charge in [0.1, 0.15) is 0 Å². The molecule has 5 heteroatoms. The molecule has 2 rings (SSSR count). The maximum Gasteiger partial charge on any atom is 0.320 e. The first kappa shape index (κ1) is 12.1. The molecule has 2 aromatic rings. The third-order valence-corrected chi connectivity index (χ3v) is 3.71. The minimum Gasteiger partial charge on any atom is -0.334 e. The van der Waals surface area contributed by atoms with E-state index in [1.165, 1.54) is 11.3 Å². The van der Waals surface area contributed by atoms with Crippen LogP contribution >= 0.6 is 27.3 Å². The number of rotatable bonds is 3. The lowest BCUT2D eigenvalue weighted by molar-refractivity contribution is 0.252. The van der Waals surface area contributed by atoms with Crippen LogP contribution in [0.4, 0.5) is 9.80 Å². The first-order valence-electron chi connectivity index (χ1n) is 5.07. The van der Waals surface area contributed by atoms with Gasteiger partial charge in [-0.25, -0.2) is 4.79 Å². The molecule has 0 fully saturated rings. The van der Waals surface area contributed by atoms with Gasteiger partial charge in [-0.1, -0.05) is 34.1 Å². The second-order valence-corrected chi connectivity index (χ2v) is 5.18. The molecule has 1 aromatic carbocycles. The van der Waals surface area contributed by atoms with Crippen molar-refractivity contribution in [1.29, 1.82) is 0 Å². The molecule has 1 heterocycles. The van der Waals surface area contributed by atoms with Gasteiger partial charge in [-0.3, -0.25) is 5.32 Å². The maximum absolute atomic E-state index is 11.6. The van der Waals surface area contributed by atoms with Crippen LogP contribution < -0.4 is 10.6 Å². The fourth-order valence-electron chi connectivity index (χ4n) is 1.32. The molecule has 0 spiro atoms. The van der Waals surface area contributed by atoms with E-state index < -0.39 is 0 Å². The van der Waals surface area contributed by atoms with Crippen LogP contribution in [-0.2, 0) is 6.54 Å². The van der Waals surface area contributed by atoms with Gasteiger partial charge in [0.2, 0.25) is 0 Å². The molecule has 2 amide bonds. The normalized spacial score (nSPS) is 9.94. The van der Waals surface area contributed by atoms with Crippen LogP contribution in [-0.4, -0.2) is 6.03 Å². The molecule has 1 aromatic heterocycles. The molecule has 0 radical (unpaired) electrons. The van der Waals surface area contributed by atoms with E-state index in [1.807, 2.05) is 41.8 Å². The fraction of sp³-hybridized carbons (Fsp3) is 0.0833. The zero-order chi connectivity index (χ0) is 12.1. The SMILES string of the molecule is O=C(NCc1ccccc1Br)Nc1cccs1. The Morgan fingerprint density at radius 2 is 2.06 bits per heavy atom. The molecular weight excluding hydrogens is 300 g/mol. The standard InChI is InChI=1S/C12H11BrN2OS/c13-10-5-2-1-4-9(10)8-14-12(16)15-11-6-3-7-17-11/h1-7H,8H2,(H2,14,15,16). The summed E-state index contributed by atoms with van der Waals surface area (Å²) in [6.45, 7) is 0.499. The highest BCUT2D eigenvalue weighted by atomic mass is 79.9. The topological polar surface area (TPSA) is 41.1 Å². The van der Waals surface area contributed by atoms with E-state index in [0.717, 1.165) is 15.0 Å². The first-order chi connectivity index (χ1) is 8.25. The summed E-state index contributed by atoms with van der Waals surface area (Å²) in [6, 6.07) is 11.4. The summed E-state index contributed by atoms with van der Waals surface area (Å²) in [4.78, 5) is 11.6. The van der Waals surface area contributed by atoms with Crippen LogP contribution in [0, 0.1) is 0 Å². The Balaban J connectivity index is 1.86. The largest absolute Gasteiger partial charge is 0.334 e. The number of carbonyl (C=O) groups is 1. The summed E-state index contributed by atoms with van der Waals surface area (Å²) in [6.07, 6.45) is 0.